The fraction of sp³-hybridized carbons (Fsp3) is 0.231. The zero-order chi connectivity index (χ0) is 13.1. The summed E-state index contributed by atoms with van der Waals surface area (Å²) >= 11 is 1.60. The van der Waals surface area contributed by atoms with Gasteiger partial charge < -0.3 is 4.90 Å². The van der Waals surface area contributed by atoms with Crippen molar-refractivity contribution >= 4 is 17.0 Å². The van der Waals surface area contributed by atoms with Crippen LogP contribution in [0.2, 0.25) is 0 Å². The first-order valence-corrected chi connectivity index (χ1v) is 6.24. The van der Waals surface area contributed by atoms with E-state index < -0.39 is 0 Å². The van der Waals surface area contributed by atoms with E-state index in [1.54, 1.807) is 29.7 Å². The maximum absolute atomic E-state index is 13.8. The molecule has 0 spiro atoms. The van der Waals surface area contributed by atoms with E-state index >= 15 is 0 Å². The molecule has 0 aliphatic carbocycles. The first-order chi connectivity index (χ1) is 8.60. The summed E-state index contributed by atoms with van der Waals surface area (Å²) in [5, 5.41) is 9.69. The van der Waals surface area contributed by atoms with Crippen molar-refractivity contribution in [2.75, 3.05) is 11.9 Å². The Morgan fingerprint density at radius 2 is 2.28 bits per heavy atom. The fourth-order valence-electron chi connectivity index (χ4n) is 1.68. The van der Waals surface area contributed by atoms with Crippen molar-refractivity contribution in [1.29, 1.82) is 5.26 Å². The predicted molar refractivity (Wildman–Crippen MR) is 70.1 cm³/mol. The second kappa shape index (κ2) is 5.15. The van der Waals surface area contributed by atoms with Gasteiger partial charge in [0.25, 0.3) is 0 Å². The Labute approximate surface area is 109 Å². The summed E-state index contributed by atoms with van der Waals surface area (Å²) in [5.41, 5.74) is 0.818. The number of hydrogen-bond acceptors (Lipinski definition) is 4. The van der Waals surface area contributed by atoms with Gasteiger partial charge in [-0.25, -0.2) is 9.37 Å². The van der Waals surface area contributed by atoms with Crippen molar-refractivity contribution in [3.8, 4) is 6.07 Å². The third-order valence-corrected chi connectivity index (χ3v) is 3.45. The van der Waals surface area contributed by atoms with Crippen LogP contribution in [0.1, 0.15) is 15.4 Å². The highest BCUT2D eigenvalue weighted by molar-refractivity contribution is 7.11. The molecule has 0 N–H and O–H groups in total. The molecule has 1 aromatic carbocycles. The summed E-state index contributed by atoms with van der Waals surface area (Å²) in [5.74, 6) is -0.377. The summed E-state index contributed by atoms with van der Waals surface area (Å²) in [6.45, 7) is 2.55. The number of thiazole rings is 1. The number of aromatic nitrogens is 1. The van der Waals surface area contributed by atoms with E-state index in [-0.39, 0.29) is 5.82 Å². The Balaban J connectivity index is 2.19. The van der Waals surface area contributed by atoms with Crippen molar-refractivity contribution < 1.29 is 4.39 Å². The van der Waals surface area contributed by atoms with E-state index in [2.05, 4.69) is 4.98 Å². The molecular weight excluding hydrogens is 249 g/mol. The zero-order valence-electron chi connectivity index (χ0n) is 10.1. The van der Waals surface area contributed by atoms with E-state index in [0.29, 0.717) is 17.8 Å². The highest BCUT2D eigenvalue weighted by atomic mass is 32.1. The van der Waals surface area contributed by atoms with Crippen LogP contribution in [-0.2, 0) is 6.54 Å². The van der Waals surface area contributed by atoms with Crippen molar-refractivity contribution in [2.24, 2.45) is 0 Å². The molecule has 0 atom stereocenters. The second-order valence-corrected chi connectivity index (χ2v) is 5.30. The number of aryl methyl sites for hydroxylation is 1. The topological polar surface area (TPSA) is 39.9 Å². The van der Waals surface area contributed by atoms with Crippen LogP contribution < -0.4 is 4.90 Å². The Morgan fingerprint density at radius 3 is 2.83 bits per heavy atom. The Kier molecular flexibility index (Phi) is 3.58. The zero-order valence-corrected chi connectivity index (χ0v) is 11.0. The predicted octanol–water partition coefficient (Wildman–Crippen LogP) is 3.10. The molecule has 1 aromatic heterocycles. The van der Waals surface area contributed by atoms with E-state index in [9.17, 15) is 4.39 Å². The molecule has 5 heteroatoms. The van der Waals surface area contributed by atoms with E-state index in [1.165, 1.54) is 6.07 Å². The van der Waals surface area contributed by atoms with Gasteiger partial charge in [0.05, 0.1) is 28.9 Å². The van der Waals surface area contributed by atoms with Crippen LogP contribution in [0.3, 0.4) is 0 Å². The minimum Gasteiger partial charge on any atom is -0.367 e. The van der Waals surface area contributed by atoms with Crippen molar-refractivity contribution in [2.45, 2.75) is 13.5 Å². The maximum atomic E-state index is 13.8. The van der Waals surface area contributed by atoms with Gasteiger partial charge in [-0.05, 0) is 25.1 Å². The summed E-state index contributed by atoms with van der Waals surface area (Å²) in [6, 6.07) is 6.42. The maximum Gasteiger partial charge on any atom is 0.147 e. The molecule has 0 amide bonds. The van der Waals surface area contributed by atoms with Gasteiger partial charge in [-0.3, -0.25) is 0 Å². The largest absolute Gasteiger partial charge is 0.367 e. The minimum atomic E-state index is -0.377. The SMILES string of the molecule is Cc1ncc(CN(C)c2ccc(C#N)cc2F)s1. The molecule has 0 bridgehead atoms. The van der Waals surface area contributed by atoms with Crippen LogP contribution in [0.4, 0.5) is 10.1 Å². The number of nitrogens with zero attached hydrogens (tertiary/aromatic N) is 3. The number of nitriles is 1. The van der Waals surface area contributed by atoms with Gasteiger partial charge in [0, 0.05) is 18.1 Å². The minimum absolute atomic E-state index is 0.332. The van der Waals surface area contributed by atoms with Crippen LogP contribution in [0.15, 0.2) is 24.4 Å². The summed E-state index contributed by atoms with van der Waals surface area (Å²) in [4.78, 5) is 7.06. The lowest BCUT2D eigenvalue weighted by Crippen LogP contribution is -2.17. The first-order valence-electron chi connectivity index (χ1n) is 5.42. The highest BCUT2D eigenvalue weighted by Crippen LogP contribution is 2.22. The van der Waals surface area contributed by atoms with E-state index in [0.717, 1.165) is 9.88 Å². The van der Waals surface area contributed by atoms with Crippen LogP contribution in [0.25, 0.3) is 0 Å². The summed E-state index contributed by atoms with van der Waals surface area (Å²) < 4.78 is 13.8. The number of rotatable bonds is 3. The van der Waals surface area contributed by atoms with Crippen molar-refractivity contribution in [3.05, 3.63) is 45.7 Å². The lowest BCUT2D eigenvalue weighted by molar-refractivity contribution is 0.622. The molecule has 18 heavy (non-hydrogen) atoms. The lowest BCUT2D eigenvalue weighted by atomic mass is 10.2. The molecule has 0 radical (unpaired) electrons. The molecular formula is C13H12FN3S. The van der Waals surface area contributed by atoms with Gasteiger partial charge in [0.2, 0.25) is 0 Å². The highest BCUT2D eigenvalue weighted by Gasteiger charge is 2.10. The Morgan fingerprint density at radius 1 is 1.50 bits per heavy atom. The van der Waals surface area contributed by atoms with Gasteiger partial charge in [-0.1, -0.05) is 0 Å². The summed E-state index contributed by atoms with van der Waals surface area (Å²) in [6.07, 6.45) is 1.80. The molecule has 2 rings (SSSR count). The van der Waals surface area contributed by atoms with Gasteiger partial charge in [0.1, 0.15) is 5.82 Å². The quantitative estimate of drug-likeness (QED) is 0.852. The van der Waals surface area contributed by atoms with Crippen molar-refractivity contribution in [3.63, 3.8) is 0 Å². The van der Waals surface area contributed by atoms with E-state index in [4.69, 9.17) is 5.26 Å². The van der Waals surface area contributed by atoms with Crippen LogP contribution in [0.5, 0.6) is 0 Å². The average Bonchev–Trinajstić information content (AvgIpc) is 2.74. The number of anilines is 1. The molecule has 1 heterocycles. The van der Waals surface area contributed by atoms with Gasteiger partial charge in [-0.2, -0.15) is 5.26 Å². The third kappa shape index (κ3) is 2.66. The van der Waals surface area contributed by atoms with E-state index in [1.807, 2.05) is 24.9 Å². The lowest BCUT2D eigenvalue weighted by Gasteiger charge is -2.18. The molecule has 3 nitrogen and oxygen atoms in total. The first kappa shape index (κ1) is 12.5. The molecule has 0 aliphatic rings. The van der Waals surface area contributed by atoms with Crippen LogP contribution >= 0.6 is 11.3 Å². The van der Waals surface area contributed by atoms with Crippen LogP contribution in [-0.4, -0.2) is 12.0 Å². The van der Waals surface area contributed by atoms with Crippen molar-refractivity contribution in [1.82, 2.24) is 4.98 Å². The normalized spacial score (nSPS) is 10.1. The molecule has 2 aromatic rings. The molecule has 0 saturated heterocycles. The average molecular weight is 261 g/mol. The standard InChI is InChI=1S/C13H12FN3S/c1-9-16-7-11(18-9)8-17(2)13-4-3-10(6-15)5-12(13)14/h3-5,7H,8H2,1-2H3. The number of halogens is 1. The third-order valence-electron chi connectivity index (χ3n) is 2.55. The number of benzene rings is 1. The van der Waals surface area contributed by atoms with Gasteiger partial charge in [-0.15, -0.1) is 11.3 Å². The van der Waals surface area contributed by atoms with Gasteiger partial charge in [0.15, 0.2) is 0 Å². The second-order valence-electron chi connectivity index (χ2n) is 3.98. The van der Waals surface area contributed by atoms with Gasteiger partial charge >= 0.3 is 0 Å². The molecule has 0 saturated carbocycles. The smallest absolute Gasteiger partial charge is 0.147 e. The monoisotopic (exact) mass is 261 g/mol. The summed E-state index contributed by atoms with van der Waals surface area (Å²) in [7, 11) is 1.82. The molecule has 0 aliphatic heterocycles. The number of hydrogen-bond donors (Lipinski definition) is 0. The van der Waals surface area contributed by atoms with Crippen LogP contribution in [0, 0.1) is 24.1 Å². The molecule has 92 valence electrons. The molecule has 0 fully saturated rings. The molecule has 0 unspecified atom stereocenters. The Hall–Kier alpha value is -1.93. The fourth-order valence-corrected chi connectivity index (χ4v) is 2.53. The Bertz CT molecular complexity index is 601.